The van der Waals surface area contributed by atoms with Crippen molar-refractivity contribution in [1.82, 2.24) is 10.2 Å². The highest BCUT2D eigenvalue weighted by Crippen LogP contribution is 2.28. The molecule has 0 spiro atoms. The quantitative estimate of drug-likeness (QED) is 0.308. The summed E-state index contributed by atoms with van der Waals surface area (Å²) >= 11 is 16.0. The monoisotopic (exact) mass is 576 g/mol. The average Bonchev–Trinajstić information content (AvgIpc) is 2.82. The molecule has 3 rings (SSSR count). The Hall–Kier alpha value is -2.54. The van der Waals surface area contributed by atoms with Crippen LogP contribution in [0.1, 0.15) is 25.0 Å². The molecule has 2 amide bonds. The summed E-state index contributed by atoms with van der Waals surface area (Å²) < 4.78 is 6.56. The van der Waals surface area contributed by atoms with Crippen LogP contribution in [-0.4, -0.2) is 35.4 Å². The molecule has 5 nitrogen and oxygen atoms in total. The van der Waals surface area contributed by atoms with Gasteiger partial charge in [0, 0.05) is 28.5 Å². The summed E-state index contributed by atoms with van der Waals surface area (Å²) in [6, 6.07) is 21.2. The van der Waals surface area contributed by atoms with E-state index in [4.69, 9.17) is 27.9 Å². The summed E-state index contributed by atoms with van der Waals surface area (Å²) in [6.45, 7) is 3.64. The number of hydrogen-bond donors (Lipinski definition) is 1. The highest BCUT2D eigenvalue weighted by atomic mass is 79.9. The van der Waals surface area contributed by atoms with Gasteiger partial charge in [0.05, 0.1) is 5.02 Å². The van der Waals surface area contributed by atoms with E-state index in [-0.39, 0.29) is 31.0 Å². The lowest BCUT2D eigenvalue weighted by Gasteiger charge is -2.32. The summed E-state index contributed by atoms with van der Waals surface area (Å²) in [4.78, 5) is 28.4. The van der Waals surface area contributed by atoms with Gasteiger partial charge >= 0.3 is 0 Å². The lowest BCUT2D eigenvalue weighted by molar-refractivity contribution is -0.143. The van der Waals surface area contributed by atoms with Crippen molar-refractivity contribution in [3.8, 4) is 5.75 Å². The Bertz CT molecular complexity index is 1160. The zero-order valence-electron chi connectivity index (χ0n) is 19.5. The molecule has 3 aromatic carbocycles. The minimum Gasteiger partial charge on any atom is -0.482 e. The van der Waals surface area contributed by atoms with Gasteiger partial charge < -0.3 is 15.0 Å². The molecule has 0 heterocycles. The van der Waals surface area contributed by atoms with Gasteiger partial charge in [0.15, 0.2) is 6.61 Å². The van der Waals surface area contributed by atoms with E-state index in [1.165, 1.54) is 4.90 Å². The van der Waals surface area contributed by atoms with E-state index in [0.29, 0.717) is 22.2 Å². The molecule has 0 fully saturated rings. The smallest absolute Gasteiger partial charge is 0.261 e. The van der Waals surface area contributed by atoms with Crippen LogP contribution >= 0.6 is 39.1 Å². The van der Waals surface area contributed by atoms with Gasteiger partial charge in [-0.05, 0) is 49.2 Å². The fourth-order valence-electron chi connectivity index (χ4n) is 3.56. The Labute approximate surface area is 224 Å². The van der Waals surface area contributed by atoms with Crippen LogP contribution < -0.4 is 10.1 Å². The van der Waals surface area contributed by atoms with Crippen molar-refractivity contribution < 1.29 is 14.3 Å². The maximum Gasteiger partial charge on any atom is 0.261 e. The number of benzene rings is 3. The van der Waals surface area contributed by atoms with Crippen LogP contribution in [0.3, 0.4) is 0 Å². The molecule has 0 unspecified atom stereocenters. The second kappa shape index (κ2) is 13.0. The van der Waals surface area contributed by atoms with Gasteiger partial charge in [0.25, 0.3) is 5.91 Å². The summed E-state index contributed by atoms with van der Waals surface area (Å²) in [5.74, 6) is -0.221. The highest BCUT2D eigenvalue weighted by Gasteiger charge is 2.31. The minimum atomic E-state index is -0.771. The molecule has 0 aliphatic heterocycles. The van der Waals surface area contributed by atoms with Crippen molar-refractivity contribution in [2.75, 3.05) is 6.61 Å². The summed E-state index contributed by atoms with van der Waals surface area (Å²) in [5.41, 5.74) is 1.67. The maximum atomic E-state index is 13.6. The van der Waals surface area contributed by atoms with Crippen molar-refractivity contribution in [2.24, 2.45) is 0 Å². The first kappa shape index (κ1) is 27.1. The second-order valence-corrected chi connectivity index (χ2v) is 10.1. The number of rotatable bonds is 10. The molecule has 184 valence electrons. The number of ether oxygens (including phenoxy) is 1. The van der Waals surface area contributed by atoms with Gasteiger partial charge in [-0.25, -0.2) is 0 Å². The number of amides is 2. The minimum absolute atomic E-state index is 0.0872. The number of carbonyl (C=O) groups excluding carboxylic acids is 2. The topological polar surface area (TPSA) is 58.6 Å². The molecular weight excluding hydrogens is 551 g/mol. The van der Waals surface area contributed by atoms with E-state index in [9.17, 15) is 9.59 Å². The van der Waals surface area contributed by atoms with Gasteiger partial charge in [-0.1, -0.05) is 87.7 Å². The largest absolute Gasteiger partial charge is 0.482 e. The van der Waals surface area contributed by atoms with Crippen LogP contribution in [0, 0.1) is 0 Å². The van der Waals surface area contributed by atoms with Crippen LogP contribution in [0.2, 0.25) is 10.0 Å². The van der Waals surface area contributed by atoms with E-state index in [1.54, 1.807) is 24.3 Å². The van der Waals surface area contributed by atoms with E-state index in [1.807, 2.05) is 62.4 Å². The van der Waals surface area contributed by atoms with Crippen LogP contribution in [0.15, 0.2) is 77.3 Å². The SMILES string of the molecule is CC(C)NC(=O)[C@H](Cc1ccccc1)N(Cc1ccccc1Cl)C(=O)COc1ccc(Br)cc1Cl. The third kappa shape index (κ3) is 7.99. The van der Waals surface area contributed by atoms with Gasteiger partial charge in [-0.3, -0.25) is 9.59 Å². The van der Waals surface area contributed by atoms with Crippen molar-refractivity contribution in [3.63, 3.8) is 0 Å². The van der Waals surface area contributed by atoms with Gasteiger partial charge in [0.2, 0.25) is 5.91 Å². The van der Waals surface area contributed by atoms with Crippen LogP contribution in [0.25, 0.3) is 0 Å². The first-order chi connectivity index (χ1) is 16.7. The normalized spacial score (nSPS) is 11.7. The number of hydrogen-bond acceptors (Lipinski definition) is 3. The Morgan fingerprint density at radius 1 is 0.971 bits per heavy atom. The van der Waals surface area contributed by atoms with Crippen LogP contribution in [0.4, 0.5) is 0 Å². The first-order valence-electron chi connectivity index (χ1n) is 11.2. The lowest BCUT2D eigenvalue weighted by Crippen LogP contribution is -2.52. The first-order valence-corrected chi connectivity index (χ1v) is 12.7. The highest BCUT2D eigenvalue weighted by molar-refractivity contribution is 9.10. The van der Waals surface area contributed by atoms with Gasteiger partial charge in [0.1, 0.15) is 11.8 Å². The fourth-order valence-corrected chi connectivity index (χ4v) is 4.48. The Morgan fingerprint density at radius 2 is 1.66 bits per heavy atom. The molecule has 0 bridgehead atoms. The molecule has 35 heavy (non-hydrogen) atoms. The lowest BCUT2D eigenvalue weighted by atomic mass is 10.0. The molecule has 3 aromatic rings. The van der Waals surface area contributed by atoms with Crippen LogP contribution in [-0.2, 0) is 22.6 Å². The molecule has 0 aliphatic carbocycles. The van der Waals surface area contributed by atoms with Crippen molar-refractivity contribution in [2.45, 2.75) is 38.9 Å². The van der Waals surface area contributed by atoms with E-state index < -0.39 is 6.04 Å². The third-order valence-corrected chi connectivity index (χ3v) is 6.40. The van der Waals surface area contributed by atoms with Crippen molar-refractivity contribution in [3.05, 3.63) is 98.4 Å². The number of nitrogens with one attached hydrogen (secondary N) is 1. The van der Waals surface area contributed by atoms with Crippen molar-refractivity contribution in [1.29, 1.82) is 0 Å². The molecule has 0 radical (unpaired) electrons. The van der Waals surface area contributed by atoms with Crippen molar-refractivity contribution >= 4 is 50.9 Å². The Morgan fingerprint density at radius 3 is 2.31 bits per heavy atom. The molecule has 0 saturated carbocycles. The molecule has 1 N–H and O–H groups in total. The molecule has 0 aliphatic rings. The molecule has 8 heteroatoms. The van der Waals surface area contributed by atoms with E-state index in [2.05, 4.69) is 21.2 Å². The Kier molecular flexibility index (Phi) is 10.0. The number of nitrogens with zero attached hydrogens (tertiary/aromatic N) is 1. The van der Waals surface area contributed by atoms with Gasteiger partial charge in [-0.15, -0.1) is 0 Å². The third-order valence-electron chi connectivity index (χ3n) is 5.25. The average molecular weight is 578 g/mol. The Balaban J connectivity index is 1.93. The molecule has 0 aromatic heterocycles. The second-order valence-electron chi connectivity index (χ2n) is 8.35. The number of carbonyl (C=O) groups is 2. The summed E-state index contributed by atoms with van der Waals surface area (Å²) in [6.07, 6.45) is 0.342. The molecule has 1 atom stereocenters. The predicted molar refractivity (Wildman–Crippen MR) is 144 cm³/mol. The molecule has 0 saturated heterocycles. The van der Waals surface area contributed by atoms with E-state index >= 15 is 0 Å². The fraction of sp³-hybridized carbons (Fsp3) is 0.259. The van der Waals surface area contributed by atoms with Gasteiger partial charge in [-0.2, -0.15) is 0 Å². The van der Waals surface area contributed by atoms with Crippen LogP contribution in [0.5, 0.6) is 5.75 Å². The molecular formula is C27H27BrCl2N2O3. The maximum absolute atomic E-state index is 13.6. The van der Waals surface area contributed by atoms with E-state index in [0.717, 1.165) is 15.6 Å². The zero-order chi connectivity index (χ0) is 25.4. The standard InChI is InChI=1S/C27H27BrCl2N2O3/c1-18(2)31-27(34)24(14-19-8-4-3-5-9-19)32(16-20-10-6-7-11-22(20)29)26(33)17-35-25-13-12-21(28)15-23(25)30/h3-13,15,18,24H,14,16-17H2,1-2H3,(H,31,34)/t24-/m0/s1. The number of halogens is 3. The summed E-state index contributed by atoms with van der Waals surface area (Å²) in [7, 11) is 0. The zero-order valence-corrected chi connectivity index (χ0v) is 22.6. The summed E-state index contributed by atoms with van der Waals surface area (Å²) in [5, 5.41) is 3.85. The predicted octanol–water partition coefficient (Wildman–Crippen LogP) is 6.30.